The van der Waals surface area contributed by atoms with Gasteiger partial charge in [-0.1, -0.05) is 231 Å². The second-order valence-corrected chi connectivity index (χ2v) is 16.4. The first-order chi connectivity index (χ1) is 31.3. The van der Waals surface area contributed by atoms with Gasteiger partial charge in [0.1, 0.15) is 0 Å². The van der Waals surface area contributed by atoms with Crippen LogP contribution in [0.5, 0.6) is 0 Å². The maximum Gasteiger partial charge on any atom is 0.160 e. The SMILES string of the molecule is c1ccc(-c2nc(-c3ccccc3-c3cccc4ccccc34)cc(-c3ccc(-c4ccc5c(c4)-c4ccccc4C5(c4ccccc4)c4ccccc4)c4ccccc34)n2)cc1. The monoisotopic (exact) mass is 800 g/mol. The number of hydrogen-bond acceptors (Lipinski definition) is 2. The van der Waals surface area contributed by atoms with Crippen molar-refractivity contribution >= 4 is 21.5 Å². The molecule has 0 saturated carbocycles. The van der Waals surface area contributed by atoms with Crippen LogP contribution in [0, 0.1) is 0 Å². The largest absolute Gasteiger partial charge is 0.228 e. The molecule has 294 valence electrons. The van der Waals surface area contributed by atoms with Crippen LogP contribution >= 0.6 is 0 Å². The van der Waals surface area contributed by atoms with E-state index in [1.807, 2.05) is 6.07 Å². The van der Waals surface area contributed by atoms with Crippen molar-refractivity contribution in [2.45, 2.75) is 5.41 Å². The molecule has 1 aromatic heterocycles. The lowest BCUT2D eigenvalue weighted by Gasteiger charge is -2.33. The van der Waals surface area contributed by atoms with Crippen molar-refractivity contribution in [1.29, 1.82) is 0 Å². The van der Waals surface area contributed by atoms with Gasteiger partial charge >= 0.3 is 0 Å². The number of aromatic nitrogens is 2. The van der Waals surface area contributed by atoms with Gasteiger partial charge in [-0.2, -0.15) is 0 Å². The predicted octanol–water partition coefficient (Wildman–Crippen LogP) is 15.5. The highest BCUT2D eigenvalue weighted by molar-refractivity contribution is 6.06. The molecular weight excluding hydrogens is 761 g/mol. The van der Waals surface area contributed by atoms with Crippen molar-refractivity contribution in [2.24, 2.45) is 0 Å². The van der Waals surface area contributed by atoms with E-state index in [9.17, 15) is 0 Å². The first-order valence-corrected chi connectivity index (χ1v) is 21.7. The van der Waals surface area contributed by atoms with Gasteiger partial charge < -0.3 is 0 Å². The van der Waals surface area contributed by atoms with Crippen molar-refractivity contribution in [3.63, 3.8) is 0 Å². The molecule has 0 saturated heterocycles. The smallest absolute Gasteiger partial charge is 0.160 e. The zero-order valence-electron chi connectivity index (χ0n) is 34.5. The number of nitrogens with zero attached hydrogens (tertiary/aromatic N) is 2. The Morgan fingerprint density at radius 3 is 1.51 bits per heavy atom. The fraction of sp³-hybridized carbons (Fsp3) is 0.0164. The second-order valence-electron chi connectivity index (χ2n) is 16.4. The molecule has 10 aromatic carbocycles. The molecule has 0 aliphatic heterocycles. The maximum absolute atomic E-state index is 5.34. The van der Waals surface area contributed by atoms with Gasteiger partial charge in [-0.3, -0.25) is 0 Å². The molecule has 0 N–H and O–H groups in total. The summed E-state index contributed by atoms with van der Waals surface area (Å²) in [5.74, 6) is 0.696. The summed E-state index contributed by atoms with van der Waals surface area (Å²) in [6.07, 6.45) is 0. The molecule has 1 aliphatic rings. The van der Waals surface area contributed by atoms with Crippen molar-refractivity contribution in [2.75, 3.05) is 0 Å². The van der Waals surface area contributed by atoms with E-state index >= 15 is 0 Å². The van der Waals surface area contributed by atoms with Crippen LogP contribution in [0.2, 0.25) is 0 Å². The number of rotatable bonds is 7. The molecule has 0 fully saturated rings. The summed E-state index contributed by atoms with van der Waals surface area (Å²) in [4.78, 5) is 10.6. The minimum Gasteiger partial charge on any atom is -0.228 e. The van der Waals surface area contributed by atoms with Gasteiger partial charge in [0.05, 0.1) is 16.8 Å². The molecule has 0 bridgehead atoms. The van der Waals surface area contributed by atoms with E-state index < -0.39 is 5.41 Å². The molecular formula is C61H40N2. The molecule has 63 heavy (non-hydrogen) atoms. The Balaban J connectivity index is 1.04. The summed E-state index contributed by atoms with van der Waals surface area (Å²) in [5, 5.41) is 4.75. The summed E-state index contributed by atoms with van der Waals surface area (Å²) in [7, 11) is 0. The number of fused-ring (bicyclic) bond motifs is 5. The minimum absolute atomic E-state index is 0.438. The van der Waals surface area contributed by atoms with Gasteiger partial charge in [-0.25, -0.2) is 9.97 Å². The van der Waals surface area contributed by atoms with E-state index in [2.05, 4.69) is 237 Å². The van der Waals surface area contributed by atoms with Crippen LogP contribution in [-0.2, 0) is 5.41 Å². The maximum atomic E-state index is 5.34. The fourth-order valence-electron chi connectivity index (χ4n) is 10.2. The molecule has 0 radical (unpaired) electrons. The first kappa shape index (κ1) is 36.6. The van der Waals surface area contributed by atoms with Crippen LogP contribution in [0.1, 0.15) is 22.3 Å². The van der Waals surface area contributed by atoms with Gasteiger partial charge in [0.25, 0.3) is 0 Å². The lowest BCUT2D eigenvalue weighted by atomic mass is 9.67. The molecule has 0 amide bonds. The lowest BCUT2D eigenvalue weighted by Crippen LogP contribution is -2.28. The third-order valence-electron chi connectivity index (χ3n) is 13.0. The van der Waals surface area contributed by atoms with Crippen LogP contribution in [0.4, 0.5) is 0 Å². The molecule has 1 heterocycles. The molecule has 11 aromatic rings. The molecule has 1 aliphatic carbocycles. The standard InChI is InChI=1S/C61H40N2/c1-4-20-42(21-5-1)60-62-58(53-32-15-14-29-50(53)49-33-18-22-41-19-10-11-27-46(41)49)40-59(63-60)54-37-36-47(48-28-12-13-30-51(48)54)43-35-38-57-55(39-43)52-31-16-17-34-56(52)61(57,44-23-6-2-7-24-44)45-25-8-3-9-26-45/h1-40H. The Kier molecular flexibility index (Phi) is 8.76. The number of benzene rings is 10. The van der Waals surface area contributed by atoms with Crippen LogP contribution in [0.3, 0.4) is 0 Å². The fourth-order valence-corrected chi connectivity index (χ4v) is 10.2. The third-order valence-corrected chi connectivity index (χ3v) is 13.0. The van der Waals surface area contributed by atoms with Gasteiger partial charge in [-0.15, -0.1) is 0 Å². The van der Waals surface area contributed by atoms with E-state index in [1.54, 1.807) is 0 Å². The van der Waals surface area contributed by atoms with Gasteiger partial charge in [-0.05, 0) is 89.3 Å². The topological polar surface area (TPSA) is 25.8 Å². The van der Waals surface area contributed by atoms with Gasteiger partial charge in [0.2, 0.25) is 0 Å². The highest BCUT2D eigenvalue weighted by Crippen LogP contribution is 2.57. The normalized spacial score (nSPS) is 12.6. The Morgan fingerprint density at radius 2 is 0.778 bits per heavy atom. The number of hydrogen-bond donors (Lipinski definition) is 0. The third kappa shape index (κ3) is 5.95. The van der Waals surface area contributed by atoms with E-state index in [-0.39, 0.29) is 0 Å². The zero-order chi connectivity index (χ0) is 41.7. The van der Waals surface area contributed by atoms with Crippen LogP contribution in [0.25, 0.3) is 88.8 Å². The second kappa shape index (κ2) is 15.1. The highest BCUT2D eigenvalue weighted by atomic mass is 14.9. The van der Waals surface area contributed by atoms with Crippen LogP contribution < -0.4 is 0 Å². The highest BCUT2D eigenvalue weighted by Gasteiger charge is 2.46. The molecule has 2 heteroatoms. The molecule has 2 nitrogen and oxygen atoms in total. The van der Waals surface area contributed by atoms with Gasteiger partial charge in [0.15, 0.2) is 5.82 Å². The summed E-state index contributed by atoms with van der Waals surface area (Å²) in [5.41, 5.74) is 16.8. The van der Waals surface area contributed by atoms with E-state index in [0.717, 1.165) is 39.0 Å². The van der Waals surface area contributed by atoms with E-state index in [4.69, 9.17) is 9.97 Å². The Bertz CT molecular complexity index is 3460. The molecule has 12 rings (SSSR count). The summed E-state index contributed by atoms with van der Waals surface area (Å²) >= 11 is 0. The van der Waals surface area contributed by atoms with E-state index in [1.165, 1.54) is 66.2 Å². The molecule has 0 spiro atoms. The van der Waals surface area contributed by atoms with Crippen molar-refractivity contribution in [3.05, 3.63) is 265 Å². The lowest BCUT2D eigenvalue weighted by molar-refractivity contribution is 0.768. The van der Waals surface area contributed by atoms with E-state index in [0.29, 0.717) is 5.82 Å². The zero-order valence-corrected chi connectivity index (χ0v) is 34.5. The summed E-state index contributed by atoms with van der Waals surface area (Å²) in [6, 6.07) is 87.7. The van der Waals surface area contributed by atoms with Crippen molar-refractivity contribution in [3.8, 4) is 67.3 Å². The minimum atomic E-state index is -0.438. The quantitative estimate of drug-likeness (QED) is 0.160. The molecule has 0 unspecified atom stereocenters. The summed E-state index contributed by atoms with van der Waals surface area (Å²) in [6.45, 7) is 0. The van der Waals surface area contributed by atoms with Crippen molar-refractivity contribution in [1.82, 2.24) is 9.97 Å². The van der Waals surface area contributed by atoms with Crippen molar-refractivity contribution < 1.29 is 0 Å². The summed E-state index contributed by atoms with van der Waals surface area (Å²) < 4.78 is 0. The average molecular weight is 801 g/mol. The van der Waals surface area contributed by atoms with Crippen LogP contribution in [0.15, 0.2) is 243 Å². The predicted molar refractivity (Wildman–Crippen MR) is 262 cm³/mol. The Labute approximate surface area is 367 Å². The van der Waals surface area contributed by atoms with Gasteiger partial charge in [0, 0.05) is 16.7 Å². The Morgan fingerprint density at radius 1 is 0.270 bits per heavy atom. The first-order valence-electron chi connectivity index (χ1n) is 21.7. The Hall–Kier alpha value is -8.20. The molecule has 0 atom stereocenters. The van der Waals surface area contributed by atoms with Crippen LogP contribution in [-0.4, -0.2) is 9.97 Å². The average Bonchev–Trinajstić information content (AvgIpc) is 3.67.